The van der Waals surface area contributed by atoms with Crippen LogP contribution in [0.5, 0.6) is 0 Å². The van der Waals surface area contributed by atoms with E-state index >= 15 is 0 Å². The molecule has 9 nitrogen and oxygen atoms in total. The van der Waals surface area contributed by atoms with Gasteiger partial charge in [-0.15, -0.1) is 10.2 Å². The molecule has 4 rings (SSSR count). The number of fused-ring (bicyclic) bond motifs is 1. The molecule has 32 heavy (non-hydrogen) atoms. The van der Waals surface area contributed by atoms with Crippen LogP contribution in [0.4, 0.5) is 13.2 Å². The summed E-state index contributed by atoms with van der Waals surface area (Å²) in [6, 6.07) is 4.13. The zero-order chi connectivity index (χ0) is 23.4. The standard InChI is InChI=1S/C18H24N6O.C2HF3O2/c1-19-17(25)16-22-21-15-4-5-18(13-24(15)16)6-9-23(10-7-18)12-14-3-2-8-20-11-14;3-2(4,5)1(6)7/h2-3,8,11H,4-7,9-10,12-13H2,1H3,(H,19,25);(H,6,7). The molecule has 1 fully saturated rings. The van der Waals surface area contributed by atoms with Crippen LogP contribution in [-0.2, 0) is 24.3 Å². The molecule has 2 aromatic heterocycles. The average Bonchev–Trinajstić information content (AvgIpc) is 3.18. The Bertz CT molecular complexity index is 940. The maximum Gasteiger partial charge on any atom is 0.490 e. The molecular weight excluding hydrogens is 429 g/mol. The lowest BCUT2D eigenvalue weighted by molar-refractivity contribution is -0.192. The molecule has 0 aliphatic carbocycles. The molecule has 0 atom stereocenters. The van der Waals surface area contributed by atoms with E-state index in [0.29, 0.717) is 5.82 Å². The predicted molar refractivity (Wildman–Crippen MR) is 107 cm³/mol. The number of alkyl halides is 3. The third-order valence-electron chi connectivity index (χ3n) is 5.92. The molecule has 2 aliphatic heterocycles. The number of halogens is 3. The molecule has 2 N–H and O–H groups in total. The highest BCUT2D eigenvalue weighted by Crippen LogP contribution is 2.41. The first kappa shape index (κ1) is 23.6. The molecular formula is C20H25F3N6O3. The van der Waals surface area contributed by atoms with Crippen LogP contribution in [0.2, 0.25) is 0 Å². The normalized spacial score (nSPS) is 17.8. The van der Waals surface area contributed by atoms with Gasteiger partial charge in [-0.3, -0.25) is 14.7 Å². The van der Waals surface area contributed by atoms with Gasteiger partial charge in [0, 0.05) is 39.0 Å². The fourth-order valence-corrected chi connectivity index (χ4v) is 4.10. The zero-order valence-corrected chi connectivity index (χ0v) is 17.6. The number of carboxylic acid groups (broad SMARTS) is 1. The van der Waals surface area contributed by atoms with Crippen molar-refractivity contribution < 1.29 is 27.9 Å². The minimum Gasteiger partial charge on any atom is -0.475 e. The van der Waals surface area contributed by atoms with Crippen LogP contribution in [0.25, 0.3) is 0 Å². The Labute approximate surface area is 182 Å². The van der Waals surface area contributed by atoms with Crippen molar-refractivity contribution in [3.63, 3.8) is 0 Å². The van der Waals surface area contributed by atoms with Crippen molar-refractivity contribution >= 4 is 11.9 Å². The summed E-state index contributed by atoms with van der Waals surface area (Å²) in [7, 11) is 1.64. The molecule has 1 spiro atoms. The fourth-order valence-electron chi connectivity index (χ4n) is 4.10. The first-order valence-electron chi connectivity index (χ1n) is 10.2. The predicted octanol–water partition coefficient (Wildman–Crippen LogP) is 1.89. The number of likely N-dealkylation sites (tertiary alicyclic amines) is 1. The Morgan fingerprint density at radius 2 is 1.91 bits per heavy atom. The summed E-state index contributed by atoms with van der Waals surface area (Å²) in [4.78, 5) is 27.6. The van der Waals surface area contributed by atoms with Gasteiger partial charge in [0.1, 0.15) is 5.82 Å². The highest BCUT2D eigenvalue weighted by molar-refractivity contribution is 5.90. The second kappa shape index (κ2) is 9.63. The van der Waals surface area contributed by atoms with Gasteiger partial charge < -0.3 is 15.0 Å². The van der Waals surface area contributed by atoms with Gasteiger partial charge in [0.05, 0.1) is 0 Å². The first-order chi connectivity index (χ1) is 15.1. The Morgan fingerprint density at radius 3 is 2.47 bits per heavy atom. The van der Waals surface area contributed by atoms with Crippen molar-refractivity contribution in [1.29, 1.82) is 0 Å². The van der Waals surface area contributed by atoms with E-state index in [1.165, 1.54) is 5.56 Å². The third kappa shape index (κ3) is 5.61. The van der Waals surface area contributed by atoms with E-state index < -0.39 is 12.1 Å². The van der Waals surface area contributed by atoms with Crippen LogP contribution in [0.3, 0.4) is 0 Å². The van der Waals surface area contributed by atoms with Crippen molar-refractivity contribution in [2.45, 2.75) is 44.9 Å². The van der Waals surface area contributed by atoms with E-state index in [2.05, 4.69) is 31.5 Å². The summed E-state index contributed by atoms with van der Waals surface area (Å²) >= 11 is 0. The number of piperidine rings is 1. The number of nitrogens with one attached hydrogen (secondary N) is 1. The number of carbonyl (C=O) groups excluding carboxylic acids is 1. The lowest BCUT2D eigenvalue weighted by Crippen LogP contribution is -2.44. The monoisotopic (exact) mass is 454 g/mol. The average molecular weight is 454 g/mol. The summed E-state index contributed by atoms with van der Waals surface area (Å²) < 4.78 is 33.8. The summed E-state index contributed by atoms with van der Waals surface area (Å²) in [5.41, 5.74) is 1.54. The summed E-state index contributed by atoms with van der Waals surface area (Å²) in [5, 5.41) is 18.1. The van der Waals surface area contributed by atoms with Gasteiger partial charge in [-0.25, -0.2) is 4.79 Å². The van der Waals surface area contributed by atoms with Crippen molar-refractivity contribution in [1.82, 2.24) is 30.0 Å². The molecule has 12 heteroatoms. The molecule has 1 saturated heterocycles. The molecule has 0 radical (unpaired) electrons. The smallest absolute Gasteiger partial charge is 0.475 e. The molecule has 2 aromatic rings. The summed E-state index contributed by atoms with van der Waals surface area (Å²) in [6.45, 7) is 3.99. The second-order valence-corrected chi connectivity index (χ2v) is 8.05. The van der Waals surface area contributed by atoms with Gasteiger partial charge >= 0.3 is 12.1 Å². The Kier molecular flexibility index (Phi) is 7.12. The SMILES string of the molecule is CNC(=O)c1nnc2n1CC1(CC2)CCN(Cc2cccnc2)CC1.O=C(O)C(F)(F)F. The summed E-state index contributed by atoms with van der Waals surface area (Å²) in [5.74, 6) is -1.51. The highest BCUT2D eigenvalue weighted by Gasteiger charge is 2.40. The zero-order valence-electron chi connectivity index (χ0n) is 17.6. The number of nitrogens with zero attached hydrogens (tertiary/aromatic N) is 5. The van der Waals surface area contributed by atoms with Crippen LogP contribution in [0.1, 0.15) is 41.3 Å². The third-order valence-corrected chi connectivity index (χ3v) is 5.92. The van der Waals surface area contributed by atoms with Gasteiger partial charge in [-0.05, 0) is 49.4 Å². The van der Waals surface area contributed by atoms with Gasteiger partial charge in [-0.2, -0.15) is 13.2 Å². The minimum atomic E-state index is -5.08. The van der Waals surface area contributed by atoms with Gasteiger partial charge in [-0.1, -0.05) is 6.07 Å². The largest absolute Gasteiger partial charge is 0.490 e. The van der Waals surface area contributed by atoms with E-state index in [1.54, 1.807) is 7.05 Å². The molecule has 0 saturated carbocycles. The maximum absolute atomic E-state index is 12.0. The second-order valence-electron chi connectivity index (χ2n) is 8.05. The molecule has 174 valence electrons. The number of carbonyl (C=O) groups is 2. The van der Waals surface area contributed by atoms with E-state index in [4.69, 9.17) is 9.90 Å². The lowest BCUT2D eigenvalue weighted by atomic mass is 9.73. The van der Waals surface area contributed by atoms with Crippen molar-refractivity contribution in [3.8, 4) is 0 Å². The van der Waals surface area contributed by atoms with Crippen LogP contribution in [0, 0.1) is 5.41 Å². The van der Waals surface area contributed by atoms with E-state index in [9.17, 15) is 18.0 Å². The van der Waals surface area contributed by atoms with E-state index in [-0.39, 0.29) is 11.3 Å². The van der Waals surface area contributed by atoms with Crippen LogP contribution < -0.4 is 5.32 Å². The van der Waals surface area contributed by atoms with E-state index in [1.807, 2.05) is 23.0 Å². The number of rotatable bonds is 3. The number of aliphatic carboxylic acids is 1. The van der Waals surface area contributed by atoms with Gasteiger partial charge in [0.15, 0.2) is 0 Å². The molecule has 1 amide bonds. The maximum atomic E-state index is 12.0. The lowest BCUT2D eigenvalue weighted by Gasteiger charge is -2.44. The quantitative estimate of drug-likeness (QED) is 0.728. The number of amides is 1. The molecule has 0 bridgehead atoms. The number of aromatic nitrogens is 4. The minimum absolute atomic E-state index is 0.148. The first-order valence-corrected chi connectivity index (χ1v) is 10.2. The molecule has 0 aromatic carbocycles. The summed E-state index contributed by atoms with van der Waals surface area (Å²) in [6.07, 6.45) is 3.03. The fraction of sp³-hybridized carbons (Fsp3) is 0.550. The van der Waals surface area contributed by atoms with E-state index in [0.717, 1.165) is 57.7 Å². The Morgan fingerprint density at radius 1 is 1.22 bits per heavy atom. The number of pyridine rings is 1. The number of carboxylic acids is 1. The van der Waals surface area contributed by atoms with Crippen molar-refractivity contribution in [3.05, 3.63) is 41.7 Å². The topological polar surface area (TPSA) is 113 Å². The molecule has 0 unspecified atom stereocenters. The van der Waals surface area contributed by atoms with Crippen LogP contribution in [-0.4, -0.2) is 67.9 Å². The highest BCUT2D eigenvalue weighted by atomic mass is 19.4. The number of hydrogen-bond donors (Lipinski definition) is 2. The molecule has 2 aliphatic rings. The van der Waals surface area contributed by atoms with Crippen molar-refractivity contribution in [2.24, 2.45) is 5.41 Å². The number of aryl methyl sites for hydroxylation is 1. The van der Waals surface area contributed by atoms with Gasteiger partial charge in [0.25, 0.3) is 5.91 Å². The van der Waals surface area contributed by atoms with Crippen LogP contribution >= 0.6 is 0 Å². The van der Waals surface area contributed by atoms with Crippen molar-refractivity contribution in [2.75, 3.05) is 20.1 Å². The van der Waals surface area contributed by atoms with Gasteiger partial charge in [0.2, 0.25) is 5.82 Å². The Balaban J connectivity index is 0.000000360. The molecule has 4 heterocycles. The number of hydrogen-bond acceptors (Lipinski definition) is 6. The Hall–Kier alpha value is -3.02. The van der Waals surface area contributed by atoms with Crippen LogP contribution in [0.15, 0.2) is 24.5 Å².